The van der Waals surface area contributed by atoms with Crippen molar-refractivity contribution >= 4 is 17.4 Å². The second-order valence-corrected chi connectivity index (χ2v) is 5.26. The SMILES string of the molecule is FC(F)Sc1ccccc1NCCC1CCCO1. The number of nitrogens with one attached hydrogen (secondary N) is 1. The van der Waals surface area contributed by atoms with Crippen molar-refractivity contribution in [1.82, 2.24) is 0 Å². The lowest BCUT2D eigenvalue weighted by Gasteiger charge is -2.13. The third kappa shape index (κ3) is 4.14. The molecular formula is C13H17F2NOS. The van der Waals surface area contributed by atoms with E-state index in [9.17, 15) is 8.78 Å². The molecule has 0 bridgehead atoms. The third-order valence-electron chi connectivity index (χ3n) is 2.91. The molecule has 1 atom stereocenters. The number of ether oxygens (including phenoxy) is 1. The average molecular weight is 273 g/mol. The molecule has 1 fully saturated rings. The molecule has 18 heavy (non-hydrogen) atoms. The van der Waals surface area contributed by atoms with Crippen LogP contribution in [-0.4, -0.2) is 25.0 Å². The fourth-order valence-corrected chi connectivity index (χ4v) is 2.67. The average Bonchev–Trinajstić information content (AvgIpc) is 2.84. The van der Waals surface area contributed by atoms with Crippen LogP contribution in [0, 0.1) is 0 Å². The van der Waals surface area contributed by atoms with Crippen LogP contribution in [0.4, 0.5) is 14.5 Å². The molecule has 1 aliphatic rings. The smallest absolute Gasteiger partial charge is 0.288 e. The van der Waals surface area contributed by atoms with E-state index in [4.69, 9.17) is 4.74 Å². The first-order chi connectivity index (χ1) is 8.75. The van der Waals surface area contributed by atoms with Crippen LogP contribution in [0.3, 0.4) is 0 Å². The quantitative estimate of drug-likeness (QED) is 0.792. The van der Waals surface area contributed by atoms with E-state index in [0.717, 1.165) is 38.1 Å². The molecule has 1 heterocycles. The summed E-state index contributed by atoms with van der Waals surface area (Å²) in [6, 6.07) is 7.17. The molecule has 0 saturated carbocycles. The highest BCUT2D eigenvalue weighted by atomic mass is 32.2. The van der Waals surface area contributed by atoms with Gasteiger partial charge in [0.05, 0.1) is 6.10 Å². The Morgan fingerprint density at radius 3 is 2.94 bits per heavy atom. The number of halogens is 2. The van der Waals surface area contributed by atoms with Crippen molar-refractivity contribution in [2.24, 2.45) is 0 Å². The predicted molar refractivity (Wildman–Crippen MR) is 70.4 cm³/mol. The van der Waals surface area contributed by atoms with Crippen LogP contribution in [0.1, 0.15) is 19.3 Å². The van der Waals surface area contributed by atoms with E-state index >= 15 is 0 Å². The maximum Gasteiger partial charge on any atom is 0.288 e. The van der Waals surface area contributed by atoms with Crippen molar-refractivity contribution in [3.8, 4) is 0 Å². The molecule has 0 spiro atoms. The Hall–Kier alpha value is -0.810. The number of hydrogen-bond acceptors (Lipinski definition) is 3. The van der Waals surface area contributed by atoms with E-state index in [-0.39, 0.29) is 0 Å². The molecule has 5 heteroatoms. The van der Waals surface area contributed by atoms with Gasteiger partial charge < -0.3 is 10.1 Å². The molecule has 100 valence electrons. The van der Waals surface area contributed by atoms with Gasteiger partial charge in [-0.2, -0.15) is 8.78 Å². The summed E-state index contributed by atoms with van der Waals surface area (Å²) in [5.41, 5.74) is 0.779. The Balaban J connectivity index is 1.83. The molecule has 0 radical (unpaired) electrons. The molecule has 0 aromatic heterocycles. The summed E-state index contributed by atoms with van der Waals surface area (Å²) in [5, 5.41) is 3.21. The molecule has 2 rings (SSSR count). The number of anilines is 1. The Morgan fingerprint density at radius 1 is 1.39 bits per heavy atom. The van der Waals surface area contributed by atoms with E-state index in [1.807, 2.05) is 12.1 Å². The van der Waals surface area contributed by atoms with Crippen LogP contribution < -0.4 is 5.32 Å². The molecule has 1 aromatic rings. The molecule has 1 saturated heterocycles. The fraction of sp³-hybridized carbons (Fsp3) is 0.538. The van der Waals surface area contributed by atoms with Crippen molar-refractivity contribution in [2.45, 2.75) is 36.0 Å². The maximum absolute atomic E-state index is 12.4. The van der Waals surface area contributed by atoms with Crippen LogP contribution >= 0.6 is 11.8 Å². The molecule has 1 unspecified atom stereocenters. The van der Waals surface area contributed by atoms with Gasteiger partial charge in [0.15, 0.2) is 0 Å². The topological polar surface area (TPSA) is 21.3 Å². The number of alkyl halides is 2. The fourth-order valence-electron chi connectivity index (χ4n) is 2.05. The molecule has 0 amide bonds. The van der Waals surface area contributed by atoms with Gasteiger partial charge in [0, 0.05) is 23.7 Å². The Kier molecular flexibility index (Phi) is 5.26. The van der Waals surface area contributed by atoms with E-state index in [1.165, 1.54) is 0 Å². The Morgan fingerprint density at radius 2 is 2.22 bits per heavy atom. The highest BCUT2D eigenvalue weighted by molar-refractivity contribution is 7.99. The first kappa shape index (κ1) is 13.6. The van der Waals surface area contributed by atoms with Crippen LogP contribution in [-0.2, 0) is 4.74 Å². The highest BCUT2D eigenvalue weighted by Gasteiger charge is 2.15. The van der Waals surface area contributed by atoms with Gasteiger partial charge >= 0.3 is 0 Å². The van der Waals surface area contributed by atoms with Gasteiger partial charge in [-0.15, -0.1) is 0 Å². The minimum atomic E-state index is -2.38. The van der Waals surface area contributed by atoms with Crippen molar-refractivity contribution in [2.75, 3.05) is 18.5 Å². The van der Waals surface area contributed by atoms with E-state index in [0.29, 0.717) is 22.8 Å². The summed E-state index contributed by atoms with van der Waals surface area (Å²) < 4.78 is 30.3. The largest absolute Gasteiger partial charge is 0.384 e. The van der Waals surface area contributed by atoms with Gasteiger partial charge in [0.1, 0.15) is 0 Å². The number of rotatable bonds is 6. The lowest BCUT2D eigenvalue weighted by Crippen LogP contribution is -2.12. The van der Waals surface area contributed by atoms with E-state index in [1.54, 1.807) is 12.1 Å². The molecular weight excluding hydrogens is 256 g/mol. The molecule has 2 nitrogen and oxygen atoms in total. The molecule has 1 aromatic carbocycles. The standard InChI is InChI=1S/C13H17F2NOS/c14-13(15)18-12-6-2-1-5-11(12)16-8-7-10-4-3-9-17-10/h1-2,5-6,10,13,16H,3-4,7-9H2. The number of para-hydroxylation sites is 1. The van der Waals surface area contributed by atoms with Gasteiger partial charge in [-0.3, -0.25) is 0 Å². The summed E-state index contributed by atoms with van der Waals surface area (Å²) in [7, 11) is 0. The molecule has 1 aliphatic heterocycles. The van der Waals surface area contributed by atoms with Crippen molar-refractivity contribution in [3.63, 3.8) is 0 Å². The normalized spacial score (nSPS) is 19.4. The van der Waals surface area contributed by atoms with Crippen molar-refractivity contribution in [3.05, 3.63) is 24.3 Å². The summed E-state index contributed by atoms with van der Waals surface area (Å²) in [6.07, 6.45) is 3.48. The monoisotopic (exact) mass is 273 g/mol. The second-order valence-electron chi connectivity index (χ2n) is 4.23. The van der Waals surface area contributed by atoms with Crippen molar-refractivity contribution < 1.29 is 13.5 Å². The first-order valence-corrected chi connectivity index (χ1v) is 7.03. The van der Waals surface area contributed by atoms with Gasteiger partial charge in [-0.1, -0.05) is 23.9 Å². The summed E-state index contributed by atoms with van der Waals surface area (Å²) in [6.45, 7) is 1.61. The zero-order chi connectivity index (χ0) is 12.8. The summed E-state index contributed by atoms with van der Waals surface area (Å²) in [5.74, 6) is -2.38. The third-order valence-corrected chi connectivity index (χ3v) is 3.70. The summed E-state index contributed by atoms with van der Waals surface area (Å²) in [4.78, 5) is 0.597. The zero-order valence-corrected chi connectivity index (χ0v) is 10.9. The first-order valence-electron chi connectivity index (χ1n) is 6.15. The minimum Gasteiger partial charge on any atom is -0.384 e. The summed E-state index contributed by atoms with van der Waals surface area (Å²) >= 11 is 0.581. The molecule has 1 N–H and O–H groups in total. The number of benzene rings is 1. The van der Waals surface area contributed by atoms with Gasteiger partial charge in [0.2, 0.25) is 0 Å². The maximum atomic E-state index is 12.4. The van der Waals surface area contributed by atoms with Crippen LogP contribution in [0.5, 0.6) is 0 Å². The van der Waals surface area contributed by atoms with E-state index in [2.05, 4.69) is 5.32 Å². The van der Waals surface area contributed by atoms with Crippen LogP contribution in [0.15, 0.2) is 29.2 Å². The molecule has 0 aliphatic carbocycles. The van der Waals surface area contributed by atoms with E-state index < -0.39 is 5.76 Å². The Labute approximate surface area is 110 Å². The Bertz CT molecular complexity index is 370. The van der Waals surface area contributed by atoms with Gasteiger partial charge in [-0.25, -0.2) is 0 Å². The minimum absolute atomic E-state index is 0.326. The lowest BCUT2D eigenvalue weighted by molar-refractivity contribution is 0.107. The second kappa shape index (κ2) is 6.95. The predicted octanol–water partition coefficient (Wildman–Crippen LogP) is 3.98. The zero-order valence-electron chi connectivity index (χ0n) is 10.1. The number of hydrogen-bond donors (Lipinski definition) is 1. The van der Waals surface area contributed by atoms with Crippen LogP contribution in [0.25, 0.3) is 0 Å². The lowest BCUT2D eigenvalue weighted by atomic mass is 10.2. The van der Waals surface area contributed by atoms with Crippen LogP contribution in [0.2, 0.25) is 0 Å². The highest BCUT2D eigenvalue weighted by Crippen LogP contribution is 2.31. The number of thioether (sulfide) groups is 1. The van der Waals surface area contributed by atoms with Gasteiger partial charge in [-0.05, 0) is 31.4 Å². The van der Waals surface area contributed by atoms with Gasteiger partial charge in [0.25, 0.3) is 5.76 Å². The van der Waals surface area contributed by atoms with Crippen molar-refractivity contribution in [1.29, 1.82) is 0 Å².